The fourth-order valence-corrected chi connectivity index (χ4v) is 3.00. The quantitative estimate of drug-likeness (QED) is 0.742. The number of aromatic nitrogens is 3. The van der Waals surface area contributed by atoms with Crippen LogP contribution in [0.25, 0.3) is 0 Å². The van der Waals surface area contributed by atoms with E-state index >= 15 is 0 Å². The molecule has 0 aliphatic rings. The molecule has 2 atom stereocenters. The number of carbonyl (C=O) groups excluding carboxylic acids is 1. The highest BCUT2D eigenvalue weighted by molar-refractivity contribution is 8.00. The molecule has 0 saturated carbocycles. The van der Waals surface area contributed by atoms with Gasteiger partial charge in [0.2, 0.25) is 5.91 Å². The van der Waals surface area contributed by atoms with Gasteiger partial charge in [-0.1, -0.05) is 23.9 Å². The normalized spacial score (nSPS) is 13.3. The van der Waals surface area contributed by atoms with Crippen LogP contribution in [0.4, 0.5) is 0 Å². The molecule has 1 aromatic carbocycles. The first-order chi connectivity index (χ1) is 11.5. The van der Waals surface area contributed by atoms with Crippen molar-refractivity contribution in [3.05, 3.63) is 36.2 Å². The van der Waals surface area contributed by atoms with Gasteiger partial charge in [0.1, 0.15) is 12.1 Å². The molecule has 1 heterocycles. The fraction of sp³-hybridized carbons (Fsp3) is 0.471. The van der Waals surface area contributed by atoms with Crippen molar-refractivity contribution < 1.29 is 9.53 Å². The lowest BCUT2D eigenvalue weighted by atomic mass is 10.1. The van der Waals surface area contributed by atoms with Crippen molar-refractivity contribution in [2.75, 3.05) is 7.11 Å². The zero-order valence-electron chi connectivity index (χ0n) is 14.5. The van der Waals surface area contributed by atoms with Gasteiger partial charge >= 0.3 is 0 Å². The summed E-state index contributed by atoms with van der Waals surface area (Å²) in [4.78, 5) is 12.3. The summed E-state index contributed by atoms with van der Waals surface area (Å²) >= 11 is 1.41. The van der Waals surface area contributed by atoms with Gasteiger partial charge in [-0.3, -0.25) is 4.79 Å². The average Bonchev–Trinajstić information content (AvgIpc) is 2.98. The van der Waals surface area contributed by atoms with E-state index in [1.54, 1.807) is 13.4 Å². The summed E-state index contributed by atoms with van der Waals surface area (Å²) in [6.07, 6.45) is 3.43. The highest BCUT2D eigenvalue weighted by Crippen LogP contribution is 2.20. The Labute approximate surface area is 147 Å². The number of thioether (sulfide) groups is 1. The molecule has 0 spiro atoms. The maximum Gasteiger partial charge on any atom is 0.233 e. The predicted molar refractivity (Wildman–Crippen MR) is 95.2 cm³/mol. The Hall–Kier alpha value is -2.02. The fourth-order valence-electron chi connectivity index (χ4n) is 2.20. The summed E-state index contributed by atoms with van der Waals surface area (Å²) in [7, 11) is 3.53. The number of carbonyl (C=O) groups is 1. The number of nitrogens with zero attached hydrogens (tertiary/aromatic N) is 3. The van der Waals surface area contributed by atoms with Crippen LogP contribution in [0.1, 0.15) is 25.8 Å². The van der Waals surface area contributed by atoms with Crippen molar-refractivity contribution in [2.45, 2.75) is 43.1 Å². The molecule has 0 aliphatic heterocycles. The van der Waals surface area contributed by atoms with E-state index in [1.807, 2.05) is 37.6 Å². The van der Waals surface area contributed by atoms with Crippen molar-refractivity contribution in [1.29, 1.82) is 0 Å². The molecule has 0 radical (unpaired) electrons. The molecule has 7 heteroatoms. The SMILES string of the molecule is COc1ccc(CCC(C)NC(=O)C(C)Sc2nncn2C)cc1. The minimum Gasteiger partial charge on any atom is -0.497 e. The molecule has 0 fully saturated rings. The first kappa shape index (κ1) is 18.3. The lowest BCUT2D eigenvalue weighted by Crippen LogP contribution is -2.38. The lowest BCUT2D eigenvalue weighted by Gasteiger charge is -2.17. The van der Waals surface area contributed by atoms with E-state index in [1.165, 1.54) is 17.3 Å². The molecule has 24 heavy (non-hydrogen) atoms. The van der Waals surface area contributed by atoms with Crippen LogP contribution in [0.2, 0.25) is 0 Å². The Morgan fingerprint density at radius 3 is 2.62 bits per heavy atom. The predicted octanol–water partition coefficient (Wildman–Crippen LogP) is 2.44. The van der Waals surface area contributed by atoms with Crippen molar-refractivity contribution in [1.82, 2.24) is 20.1 Å². The Morgan fingerprint density at radius 2 is 2.04 bits per heavy atom. The molecule has 130 valence electrons. The molecule has 2 aromatic rings. The van der Waals surface area contributed by atoms with Crippen LogP contribution in [0.15, 0.2) is 35.7 Å². The molecule has 0 saturated heterocycles. The number of hydrogen-bond donors (Lipinski definition) is 1. The zero-order chi connectivity index (χ0) is 17.5. The number of rotatable bonds is 8. The Morgan fingerprint density at radius 1 is 1.33 bits per heavy atom. The van der Waals surface area contributed by atoms with Crippen molar-refractivity contribution >= 4 is 17.7 Å². The lowest BCUT2D eigenvalue weighted by molar-refractivity contribution is -0.120. The van der Waals surface area contributed by atoms with E-state index in [-0.39, 0.29) is 17.2 Å². The largest absolute Gasteiger partial charge is 0.497 e. The standard InChI is InChI=1S/C17H24N4O2S/c1-12(5-6-14-7-9-15(23-4)10-8-14)19-16(22)13(2)24-17-20-18-11-21(17)3/h7-13H,5-6H2,1-4H3,(H,19,22). The third-order valence-corrected chi connectivity index (χ3v) is 4.88. The molecular weight excluding hydrogens is 324 g/mol. The van der Waals surface area contributed by atoms with Gasteiger partial charge in [0.05, 0.1) is 12.4 Å². The van der Waals surface area contributed by atoms with Crippen molar-refractivity contribution in [3.63, 3.8) is 0 Å². The van der Waals surface area contributed by atoms with Gasteiger partial charge in [0, 0.05) is 13.1 Å². The van der Waals surface area contributed by atoms with Crippen LogP contribution in [0.5, 0.6) is 5.75 Å². The van der Waals surface area contributed by atoms with Crippen LogP contribution >= 0.6 is 11.8 Å². The van der Waals surface area contributed by atoms with E-state index in [4.69, 9.17) is 4.74 Å². The first-order valence-corrected chi connectivity index (χ1v) is 8.81. The number of nitrogens with one attached hydrogen (secondary N) is 1. The molecule has 0 aliphatic carbocycles. The summed E-state index contributed by atoms with van der Waals surface area (Å²) < 4.78 is 6.96. The number of hydrogen-bond acceptors (Lipinski definition) is 5. The van der Waals surface area contributed by atoms with Gasteiger partial charge < -0.3 is 14.6 Å². The van der Waals surface area contributed by atoms with Crippen LogP contribution in [-0.2, 0) is 18.3 Å². The molecule has 6 nitrogen and oxygen atoms in total. The van der Waals surface area contributed by atoms with Crippen molar-refractivity contribution in [2.24, 2.45) is 7.05 Å². The van der Waals surface area contributed by atoms with Gasteiger partial charge in [-0.25, -0.2) is 0 Å². The third-order valence-electron chi connectivity index (χ3n) is 3.74. The van der Waals surface area contributed by atoms with E-state index in [2.05, 4.69) is 27.6 Å². The van der Waals surface area contributed by atoms with Crippen molar-refractivity contribution in [3.8, 4) is 5.75 Å². The summed E-state index contributed by atoms with van der Waals surface area (Å²) in [6, 6.07) is 8.14. The maximum atomic E-state index is 12.3. The van der Waals surface area contributed by atoms with Crippen LogP contribution < -0.4 is 10.1 Å². The highest BCUT2D eigenvalue weighted by atomic mass is 32.2. The highest BCUT2D eigenvalue weighted by Gasteiger charge is 2.18. The molecule has 2 rings (SSSR count). The van der Waals surface area contributed by atoms with E-state index in [0.29, 0.717) is 0 Å². The smallest absolute Gasteiger partial charge is 0.233 e. The van der Waals surface area contributed by atoms with Gasteiger partial charge in [-0.2, -0.15) is 0 Å². The molecule has 1 aromatic heterocycles. The molecule has 1 N–H and O–H groups in total. The zero-order valence-corrected chi connectivity index (χ0v) is 15.3. The summed E-state index contributed by atoms with van der Waals surface area (Å²) in [6.45, 7) is 3.91. The van der Waals surface area contributed by atoms with E-state index < -0.39 is 0 Å². The second-order valence-electron chi connectivity index (χ2n) is 5.78. The number of methoxy groups -OCH3 is 1. The molecular formula is C17H24N4O2S. The topological polar surface area (TPSA) is 69.0 Å². The monoisotopic (exact) mass is 348 g/mol. The summed E-state index contributed by atoms with van der Waals surface area (Å²) in [5.41, 5.74) is 1.23. The number of benzene rings is 1. The third kappa shape index (κ3) is 5.26. The van der Waals surface area contributed by atoms with Gasteiger partial charge in [-0.05, 0) is 44.4 Å². The Bertz CT molecular complexity index is 657. The van der Waals surface area contributed by atoms with Gasteiger partial charge in [-0.15, -0.1) is 10.2 Å². The maximum absolute atomic E-state index is 12.3. The van der Waals surface area contributed by atoms with Crippen LogP contribution in [0.3, 0.4) is 0 Å². The van der Waals surface area contributed by atoms with Gasteiger partial charge in [0.25, 0.3) is 0 Å². The molecule has 1 amide bonds. The first-order valence-electron chi connectivity index (χ1n) is 7.93. The molecule has 2 unspecified atom stereocenters. The van der Waals surface area contributed by atoms with E-state index in [9.17, 15) is 4.79 Å². The minimum absolute atomic E-state index is 0.0187. The Kier molecular flexibility index (Phi) is 6.66. The number of amides is 1. The second kappa shape index (κ2) is 8.73. The minimum atomic E-state index is -0.212. The average molecular weight is 348 g/mol. The molecule has 0 bridgehead atoms. The number of aryl methyl sites for hydroxylation is 2. The summed E-state index contributed by atoms with van der Waals surface area (Å²) in [5.74, 6) is 0.875. The Balaban J connectivity index is 1.77. The van der Waals surface area contributed by atoms with Crippen LogP contribution in [0, 0.1) is 0 Å². The second-order valence-corrected chi connectivity index (χ2v) is 7.09. The van der Waals surface area contributed by atoms with Gasteiger partial charge in [0.15, 0.2) is 5.16 Å². The van der Waals surface area contributed by atoms with Crippen LogP contribution in [-0.4, -0.2) is 39.1 Å². The summed E-state index contributed by atoms with van der Waals surface area (Å²) in [5, 5.41) is 11.4. The number of ether oxygens (including phenoxy) is 1. The van der Waals surface area contributed by atoms with E-state index in [0.717, 1.165) is 23.7 Å².